The van der Waals surface area contributed by atoms with E-state index in [1.54, 1.807) is 0 Å². The third kappa shape index (κ3) is 5.27. The maximum absolute atomic E-state index is 13.4. The molecule has 4 nitrogen and oxygen atoms in total. The molecule has 25 heavy (non-hydrogen) atoms. The van der Waals surface area contributed by atoms with Gasteiger partial charge in [-0.05, 0) is 31.4 Å². The number of benzene rings is 1. The molecule has 2 saturated heterocycles. The van der Waals surface area contributed by atoms with Crippen molar-refractivity contribution in [3.05, 3.63) is 35.9 Å². The lowest BCUT2D eigenvalue weighted by Crippen LogP contribution is -2.47. The van der Waals surface area contributed by atoms with E-state index in [1.807, 2.05) is 30.0 Å². The SMILES string of the molecule is CC1CC(CN)CN1C(=O)C(c1ccccc1)N1CCSCC1.Cl.Cl. The van der Waals surface area contributed by atoms with E-state index in [9.17, 15) is 4.79 Å². The lowest BCUT2D eigenvalue weighted by Gasteiger charge is -2.37. The second kappa shape index (κ2) is 10.6. The van der Waals surface area contributed by atoms with Crippen molar-refractivity contribution in [3.63, 3.8) is 0 Å². The largest absolute Gasteiger partial charge is 0.338 e. The highest BCUT2D eigenvalue weighted by Gasteiger charge is 2.38. The summed E-state index contributed by atoms with van der Waals surface area (Å²) in [7, 11) is 0. The molecule has 3 unspecified atom stereocenters. The number of nitrogens with two attached hydrogens (primary N) is 1. The summed E-state index contributed by atoms with van der Waals surface area (Å²) in [4.78, 5) is 17.8. The first-order valence-electron chi connectivity index (χ1n) is 8.58. The van der Waals surface area contributed by atoms with Crippen molar-refractivity contribution in [2.75, 3.05) is 37.7 Å². The zero-order valence-corrected chi connectivity index (χ0v) is 17.1. The monoisotopic (exact) mass is 405 g/mol. The molecule has 2 fully saturated rings. The first-order chi connectivity index (χ1) is 11.2. The third-order valence-corrected chi connectivity index (χ3v) is 5.98. The van der Waals surface area contributed by atoms with E-state index in [1.165, 1.54) is 0 Å². The minimum atomic E-state index is -0.143. The molecule has 3 rings (SSSR count). The maximum atomic E-state index is 13.4. The van der Waals surface area contributed by atoms with Gasteiger partial charge in [0.1, 0.15) is 6.04 Å². The van der Waals surface area contributed by atoms with Gasteiger partial charge in [0.15, 0.2) is 0 Å². The van der Waals surface area contributed by atoms with Crippen LogP contribution in [0.4, 0.5) is 0 Å². The molecule has 2 aliphatic rings. The molecule has 7 heteroatoms. The Hall–Kier alpha value is -0.460. The van der Waals surface area contributed by atoms with E-state index in [-0.39, 0.29) is 36.8 Å². The normalized spacial score (nSPS) is 25.0. The van der Waals surface area contributed by atoms with Gasteiger partial charge in [-0.2, -0.15) is 11.8 Å². The summed E-state index contributed by atoms with van der Waals surface area (Å²) < 4.78 is 0. The van der Waals surface area contributed by atoms with Crippen LogP contribution in [0.25, 0.3) is 0 Å². The van der Waals surface area contributed by atoms with Gasteiger partial charge in [-0.15, -0.1) is 24.8 Å². The summed E-state index contributed by atoms with van der Waals surface area (Å²) in [5, 5.41) is 0. The van der Waals surface area contributed by atoms with Crippen LogP contribution in [0.3, 0.4) is 0 Å². The fourth-order valence-corrected chi connectivity index (χ4v) is 4.69. The summed E-state index contributed by atoms with van der Waals surface area (Å²) in [6.45, 7) is 5.60. The minimum Gasteiger partial charge on any atom is -0.338 e. The average molecular weight is 406 g/mol. The smallest absolute Gasteiger partial charge is 0.244 e. The predicted octanol–water partition coefficient (Wildman–Crippen LogP) is 2.82. The summed E-state index contributed by atoms with van der Waals surface area (Å²) in [6, 6.07) is 10.4. The molecule has 1 aromatic carbocycles. The number of hydrogen-bond donors (Lipinski definition) is 1. The van der Waals surface area contributed by atoms with Gasteiger partial charge in [-0.25, -0.2) is 0 Å². The number of thioether (sulfide) groups is 1. The van der Waals surface area contributed by atoms with Gasteiger partial charge in [0.05, 0.1) is 0 Å². The Bertz CT molecular complexity index is 528. The quantitative estimate of drug-likeness (QED) is 0.836. The van der Waals surface area contributed by atoms with Crippen LogP contribution < -0.4 is 5.73 Å². The molecule has 2 aliphatic heterocycles. The topological polar surface area (TPSA) is 49.6 Å². The first-order valence-corrected chi connectivity index (χ1v) is 9.73. The molecular formula is C18H29Cl2N3OS. The third-order valence-electron chi connectivity index (χ3n) is 5.04. The van der Waals surface area contributed by atoms with Gasteiger partial charge in [-0.3, -0.25) is 9.69 Å². The van der Waals surface area contributed by atoms with E-state index >= 15 is 0 Å². The molecular weight excluding hydrogens is 377 g/mol. The van der Waals surface area contributed by atoms with Crippen molar-refractivity contribution >= 4 is 42.5 Å². The lowest BCUT2D eigenvalue weighted by molar-refractivity contribution is -0.138. The minimum absolute atomic E-state index is 0. The van der Waals surface area contributed by atoms with Crippen molar-refractivity contribution in [1.82, 2.24) is 9.80 Å². The van der Waals surface area contributed by atoms with Gasteiger partial charge in [0.25, 0.3) is 0 Å². The second-order valence-corrected chi connectivity index (χ2v) is 7.86. The van der Waals surface area contributed by atoms with Gasteiger partial charge in [0, 0.05) is 37.2 Å². The number of carbonyl (C=O) groups is 1. The maximum Gasteiger partial charge on any atom is 0.244 e. The van der Waals surface area contributed by atoms with Crippen molar-refractivity contribution < 1.29 is 4.79 Å². The Morgan fingerprint density at radius 2 is 1.88 bits per heavy atom. The Morgan fingerprint density at radius 1 is 1.24 bits per heavy atom. The summed E-state index contributed by atoms with van der Waals surface area (Å²) in [5.41, 5.74) is 6.96. The highest BCUT2D eigenvalue weighted by molar-refractivity contribution is 7.99. The number of nitrogens with zero attached hydrogens (tertiary/aromatic N) is 2. The van der Waals surface area contributed by atoms with Crippen LogP contribution in [0.1, 0.15) is 24.9 Å². The molecule has 0 saturated carbocycles. The van der Waals surface area contributed by atoms with Crippen LogP contribution in [0, 0.1) is 5.92 Å². The van der Waals surface area contributed by atoms with E-state index in [2.05, 4.69) is 28.9 Å². The molecule has 2 N–H and O–H groups in total. The van der Waals surface area contributed by atoms with Crippen molar-refractivity contribution in [2.45, 2.75) is 25.4 Å². The highest BCUT2D eigenvalue weighted by atomic mass is 35.5. The van der Waals surface area contributed by atoms with Crippen LogP contribution in [0.15, 0.2) is 30.3 Å². The summed E-state index contributed by atoms with van der Waals surface area (Å²) in [6.07, 6.45) is 1.03. The fourth-order valence-electron chi connectivity index (χ4n) is 3.76. The van der Waals surface area contributed by atoms with Crippen LogP contribution in [-0.4, -0.2) is 59.4 Å². The van der Waals surface area contributed by atoms with Gasteiger partial charge in [-0.1, -0.05) is 30.3 Å². The molecule has 3 atom stereocenters. The van der Waals surface area contributed by atoms with E-state index < -0.39 is 0 Å². The summed E-state index contributed by atoms with van der Waals surface area (Å²) in [5.74, 6) is 2.92. The Balaban J connectivity index is 0.00000156. The molecule has 0 bridgehead atoms. The van der Waals surface area contributed by atoms with Crippen LogP contribution in [0.5, 0.6) is 0 Å². The number of halogens is 2. The fraction of sp³-hybridized carbons (Fsp3) is 0.611. The van der Waals surface area contributed by atoms with Crippen molar-refractivity contribution in [2.24, 2.45) is 11.7 Å². The van der Waals surface area contributed by atoms with Crippen LogP contribution >= 0.6 is 36.6 Å². The van der Waals surface area contributed by atoms with Gasteiger partial charge >= 0.3 is 0 Å². The molecule has 1 amide bonds. The molecule has 0 aliphatic carbocycles. The number of likely N-dealkylation sites (tertiary alicyclic amines) is 1. The van der Waals surface area contributed by atoms with Crippen molar-refractivity contribution in [1.29, 1.82) is 0 Å². The number of rotatable bonds is 4. The van der Waals surface area contributed by atoms with Gasteiger partial charge in [0.2, 0.25) is 5.91 Å². The molecule has 1 aromatic rings. The Morgan fingerprint density at radius 3 is 2.44 bits per heavy atom. The van der Waals surface area contributed by atoms with Crippen LogP contribution in [-0.2, 0) is 4.79 Å². The number of hydrogen-bond acceptors (Lipinski definition) is 4. The molecule has 2 heterocycles. The zero-order valence-electron chi connectivity index (χ0n) is 14.7. The lowest BCUT2D eigenvalue weighted by atomic mass is 10.0. The average Bonchev–Trinajstić information content (AvgIpc) is 2.98. The number of carbonyl (C=O) groups excluding carboxylic acids is 1. The standard InChI is InChI=1S/C18H27N3OS.2ClH/c1-14-11-15(12-19)13-21(14)18(22)17(16-5-3-2-4-6-16)20-7-9-23-10-8-20;;/h2-6,14-15,17H,7-13,19H2,1H3;2*1H. The molecule has 142 valence electrons. The zero-order chi connectivity index (χ0) is 16.2. The number of amides is 1. The van der Waals surface area contributed by atoms with Gasteiger partial charge < -0.3 is 10.6 Å². The Kier molecular flexibility index (Phi) is 9.60. The second-order valence-electron chi connectivity index (χ2n) is 6.64. The molecule has 0 spiro atoms. The van der Waals surface area contributed by atoms with E-state index in [0.717, 1.165) is 43.1 Å². The molecule has 0 radical (unpaired) electrons. The highest BCUT2D eigenvalue weighted by Crippen LogP contribution is 2.31. The Labute approximate surface area is 167 Å². The molecule has 0 aromatic heterocycles. The van der Waals surface area contributed by atoms with Crippen LogP contribution in [0.2, 0.25) is 0 Å². The van der Waals surface area contributed by atoms with E-state index in [4.69, 9.17) is 5.73 Å². The predicted molar refractivity (Wildman–Crippen MR) is 111 cm³/mol. The van der Waals surface area contributed by atoms with E-state index in [0.29, 0.717) is 18.5 Å². The summed E-state index contributed by atoms with van der Waals surface area (Å²) >= 11 is 1.98. The first kappa shape index (κ1) is 22.6. The van der Waals surface area contributed by atoms with Crippen molar-refractivity contribution in [3.8, 4) is 0 Å².